The van der Waals surface area contributed by atoms with Gasteiger partial charge in [0.15, 0.2) is 5.13 Å². The van der Waals surface area contributed by atoms with Crippen LogP contribution in [-0.4, -0.2) is 22.8 Å². The van der Waals surface area contributed by atoms with Gasteiger partial charge in [-0.1, -0.05) is 46.3 Å². The molecule has 0 bridgehead atoms. The number of rotatable bonds is 8. The van der Waals surface area contributed by atoms with Crippen LogP contribution in [-0.2, 0) is 11.2 Å². The standard InChI is InChI=1S/C24H21BrN4O2S2/c1-14-21(16-6-8-17(25)9-7-16)29-24(33-14)27-18-10-4-15(5-11-18)13-19(22(26)30)28-23(31)20-3-2-12-32-20/h2-12,19H,13H2,1H3,(H2,26,30)(H,27,29)(H,28,31). The molecule has 0 aliphatic rings. The number of amides is 2. The van der Waals surface area contributed by atoms with Gasteiger partial charge in [0.1, 0.15) is 6.04 Å². The maximum atomic E-state index is 12.3. The first-order chi connectivity index (χ1) is 15.9. The lowest BCUT2D eigenvalue weighted by Crippen LogP contribution is -2.45. The number of thiazole rings is 1. The van der Waals surface area contributed by atoms with Crippen molar-refractivity contribution in [3.8, 4) is 11.3 Å². The van der Waals surface area contributed by atoms with Crippen LogP contribution in [0.5, 0.6) is 0 Å². The summed E-state index contributed by atoms with van der Waals surface area (Å²) in [4.78, 5) is 30.6. The molecule has 33 heavy (non-hydrogen) atoms. The van der Waals surface area contributed by atoms with Gasteiger partial charge in [-0.3, -0.25) is 9.59 Å². The average molecular weight is 541 g/mol. The summed E-state index contributed by atoms with van der Waals surface area (Å²) in [6.45, 7) is 2.05. The summed E-state index contributed by atoms with van der Waals surface area (Å²) in [6.07, 6.45) is 0.316. The Morgan fingerprint density at radius 2 is 1.82 bits per heavy atom. The molecule has 2 heterocycles. The molecule has 4 rings (SSSR count). The highest BCUT2D eigenvalue weighted by atomic mass is 79.9. The van der Waals surface area contributed by atoms with Crippen LogP contribution in [0.4, 0.5) is 10.8 Å². The van der Waals surface area contributed by atoms with E-state index < -0.39 is 11.9 Å². The normalized spacial score (nSPS) is 11.7. The van der Waals surface area contributed by atoms with Crippen LogP contribution in [0, 0.1) is 6.92 Å². The summed E-state index contributed by atoms with van der Waals surface area (Å²) in [5.74, 6) is -0.867. The number of nitrogens with one attached hydrogen (secondary N) is 2. The van der Waals surface area contributed by atoms with Crippen LogP contribution >= 0.6 is 38.6 Å². The van der Waals surface area contributed by atoms with Crippen LogP contribution in [0.1, 0.15) is 20.1 Å². The number of anilines is 2. The molecule has 0 radical (unpaired) electrons. The number of aromatic nitrogens is 1. The fourth-order valence-electron chi connectivity index (χ4n) is 3.27. The lowest BCUT2D eigenvalue weighted by molar-refractivity contribution is -0.119. The van der Waals surface area contributed by atoms with E-state index in [1.807, 2.05) is 53.9 Å². The molecule has 1 atom stereocenters. The highest BCUT2D eigenvalue weighted by Crippen LogP contribution is 2.32. The van der Waals surface area contributed by atoms with E-state index in [4.69, 9.17) is 10.7 Å². The number of thiophene rings is 1. The molecule has 4 aromatic rings. The second-order valence-electron chi connectivity index (χ2n) is 7.36. The summed E-state index contributed by atoms with van der Waals surface area (Å²) < 4.78 is 1.03. The Hall–Kier alpha value is -3.01. The molecule has 0 aliphatic heterocycles. The second kappa shape index (κ2) is 10.3. The minimum Gasteiger partial charge on any atom is -0.368 e. The number of primary amides is 1. The molecule has 0 spiro atoms. The van der Waals surface area contributed by atoms with Gasteiger partial charge in [-0.05, 0) is 48.2 Å². The number of aryl methyl sites for hydroxylation is 1. The van der Waals surface area contributed by atoms with Crippen molar-refractivity contribution in [2.24, 2.45) is 5.73 Å². The third kappa shape index (κ3) is 5.87. The van der Waals surface area contributed by atoms with Crippen LogP contribution in [0.25, 0.3) is 11.3 Å². The first-order valence-corrected chi connectivity index (χ1v) is 12.6. The summed E-state index contributed by atoms with van der Waals surface area (Å²) in [6, 6.07) is 18.5. The lowest BCUT2D eigenvalue weighted by Gasteiger charge is -2.15. The molecular formula is C24H21BrN4O2S2. The summed E-state index contributed by atoms with van der Waals surface area (Å²) in [5.41, 5.74) is 9.31. The number of hydrogen-bond donors (Lipinski definition) is 3. The molecule has 9 heteroatoms. The third-order valence-corrected chi connectivity index (χ3v) is 7.24. The van der Waals surface area contributed by atoms with Gasteiger partial charge in [0.25, 0.3) is 5.91 Å². The molecular weight excluding hydrogens is 520 g/mol. The molecule has 1 unspecified atom stereocenters. The van der Waals surface area contributed by atoms with Crippen LogP contribution < -0.4 is 16.4 Å². The van der Waals surface area contributed by atoms with Crippen LogP contribution in [0.15, 0.2) is 70.5 Å². The molecule has 0 fully saturated rings. The quantitative estimate of drug-likeness (QED) is 0.274. The predicted molar refractivity (Wildman–Crippen MR) is 138 cm³/mol. The van der Waals surface area contributed by atoms with Crippen molar-refractivity contribution in [3.63, 3.8) is 0 Å². The van der Waals surface area contributed by atoms with Gasteiger partial charge >= 0.3 is 0 Å². The van der Waals surface area contributed by atoms with Crippen molar-refractivity contribution in [2.75, 3.05) is 5.32 Å². The Bertz CT molecular complexity index is 1250. The van der Waals surface area contributed by atoms with E-state index in [-0.39, 0.29) is 5.91 Å². The number of carbonyl (C=O) groups excluding carboxylic acids is 2. The van der Waals surface area contributed by atoms with Crippen molar-refractivity contribution in [1.82, 2.24) is 10.3 Å². The van der Waals surface area contributed by atoms with Gasteiger partial charge in [-0.15, -0.1) is 22.7 Å². The molecule has 6 nitrogen and oxygen atoms in total. The zero-order chi connectivity index (χ0) is 23.4. The van der Waals surface area contributed by atoms with Gasteiger partial charge in [0.05, 0.1) is 10.6 Å². The molecule has 2 aromatic heterocycles. The average Bonchev–Trinajstić information content (AvgIpc) is 3.45. The predicted octanol–water partition coefficient (Wildman–Crippen LogP) is 5.51. The van der Waals surface area contributed by atoms with Gasteiger partial charge in [-0.2, -0.15) is 0 Å². The Labute approximate surface area is 208 Å². The fraction of sp³-hybridized carbons (Fsp3) is 0.125. The summed E-state index contributed by atoms with van der Waals surface area (Å²) >= 11 is 6.37. The topological polar surface area (TPSA) is 97.1 Å². The van der Waals surface area contributed by atoms with Crippen LogP contribution in [0.3, 0.4) is 0 Å². The number of hydrogen-bond acceptors (Lipinski definition) is 6. The SMILES string of the molecule is Cc1sc(Nc2ccc(CC(NC(=O)c3cccs3)C(N)=O)cc2)nc1-c1ccc(Br)cc1. The number of halogens is 1. The van der Waals surface area contributed by atoms with E-state index in [1.165, 1.54) is 11.3 Å². The van der Waals surface area contributed by atoms with E-state index in [0.29, 0.717) is 11.3 Å². The minimum absolute atomic E-state index is 0.298. The lowest BCUT2D eigenvalue weighted by atomic mass is 10.0. The van der Waals surface area contributed by atoms with Crippen molar-refractivity contribution in [2.45, 2.75) is 19.4 Å². The van der Waals surface area contributed by atoms with Gasteiger partial charge < -0.3 is 16.4 Å². The Morgan fingerprint density at radius 3 is 2.45 bits per heavy atom. The minimum atomic E-state index is -0.784. The number of carbonyl (C=O) groups is 2. The Morgan fingerprint density at radius 1 is 1.09 bits per heavy atom. The first kappa shape index (κ1) is 23.2. The number of nitrogens with two attached hydrogens (primary N) is 1. The maximum Gasteiger partial charge on any atom is 0.262 e. The Kier molecular flexibility index (Phi) is 7.22. The van der Waals surface area contributed by atoms with Crippen molar-refractivity contribution in [3.05, 3.63) is 85.8 Å². The Balaban J connectivity index is 1.41. The van der Waals surface area contributed by atoms with E-state index >= 15 is 0 Å². The van der Waals surface area contributed by atoms with Crippen molar-refractivity contribution < 1.29 is 9.59 Å². The van der Waals surface area contributed by atoms with Gasteiger partial charge in [-0.25, -0.2) is 4.98 Å². The molecule has 0 aliphatic carbocycles. The highest BCUT2D eigenvalue weighted by molar-refractivity contribution is 9.10. The largest absolute Gasteiger partial charge is 0.368 e. The van der Waals surface area contributed by atoms with E-state index in [1.54, 1.807) is 23.5 Å². The molecule has 168 valence electrons. The first-order valence-electron chi connectivity index (χ1n) is 10.1. The molecule has 2 amide bonds. The summed E-state index contributed by atoms with van der Waals surface area (Å²) in [5, 5.41) is 8.67. The van der Waals surface area contributed by atoms with E-state index in [0.717, 1.165) is 37.0 Å². The van der Waals surface area contributed by atoms with E-state index in [9.17, 15) is 9.59 Å². The smallest absolute Gasteiger partial charge is 0.262 e. The third-order valence-electron chi connectivity index (χ3n) is 4.95. The van der Waals surface area contributed by atoms with Gasteiger partial charge in [0.2, 0.25) is 5.91 Å². The van der Waals surface area contributed by atoms with Crippen molar-refractivity contribution >= 4 is 61.2 Å². The maximum absolute atomic E-state index is 12.3. The number of nitrogens with zero attached hydrogens (tertiary/aromatic N) is 1. The zero-order valence-corrected chi connectivity index (χ0v) is 20.9. The van der Waals surface area contributed by atoms with Crippen molar-refractivity contribution in [1.29, 1.82) is 0 Å². The second-order valence-corrected chi connectivity index (χ2v) is 10.4. The van der Waals surface area contributed by atoms with Gasteiger partial charge in [0, 0.05) is 27.0 Å². The number of benzene rings is 2. The van der Waals surface area contributed by atoms with Crippen LogP contribution in [0.2, 0.25) is 0 Å². The monoisotopic (exact) mass is 540 g/mol. The van der Waals surface area contributed by atoms with E-state index in [2.05, 4.69) is 33.5 Å². The molecule has 0 saturated heterocycles. The summed E-state index contributed by atoms with van der Waals surface area (Å²) in [7, 11) is 0. The zero-order valence-electron chi connectivity index (χ0n) is 17.7. The fourth-order valence-corrected chi connectivity index (χ4v) is 5.02. The molecule has 2 aromatic carbocycles. The molecule has 4 N–H and O–H groups in total. The highest BCUT2D eigenvalue weighted by Gasteiger charge is 2.20. The molecule has 0 saturated carbocycles.